The van der Waals surface area contributed by atoms with Crippen molar-refractivity contribution in [3.63, 3.8) is 0 Å². The van der Waals surface area contributed by atoms with E-state index in [1.807, 2.05) is 36.2 Å². The molecule has 0 unspecified atom stereocenters. The standard InChI is InChI=1S/C14H11N5O/c1-19(13-6-10(7-15)16-8-17-13)11-2-3-12-9(4-11)5-14(20)18-12/h2-4,6,8H,5H2,1H3,(H,18,20). The second kappa shape index (κ2) is 4.63. The Bertz CT molecular complexity index is 735. The highest BCUT2D eigenvalue weighted by Crippen LogP contribution is 2.29. The third-order valence-electron chi connectivity index (χ3n) is 3.21. The molecule has 1 aliphatic rings. The third-order valence-corrected chi connectivity index (χ3v) is 3.21. The summed E-state index contributed by atoms with van der Waals surface area (Å²) >= 11 is 0. The van der Waals surface area contributed by atoms with Gasteiger partial charge in [-0.3, -0.25) is 4.79 Å². The number of carbonyl (C=O) groups is 1. The van der Waals surface area contributed by atoms with Crippen LogP contribution in [-0.4, -0.2) is 22.9 Å². The Hall–Kier alpha value is -2.94. The van der Waals surface area contributed by atoms with Gasteiger partial charge in [0.1, 0.15) is 23.9 Å². The fourth-order valence-electron chi connectivity index (χ4n) is 2.15. The van der Waals surface area contributed by atoms with Crippen LogP contribution >= 0.6 is 0 Å². The topological polar surface area (TPSA) is 81.9 Å². The van der Waals surface area contributed by atoms with Gasteiger partial charge in [-0.05, 0) is 23.8 Å². The Morgan fingerprint density at radius 1 is 1.35 bits per heavy atom. The quantitative estimate of drug-likeness (QED) is 0.892. The van der Waals surface area contributed by atoms with Crippen molar-refractivity contribution in [3.8, 4) is 6.07 Å². The molecular formula is C14H11N5O. The van der Waals surface area contributed by atoms with Crippen LogP contribution in [-0.2, 0) is 11.2 Å². The lowest BCUT2D eigenvalue weighted by Crippen LogP contribution is -2.11. The number of anilines is 3. The molecule has 0 saturated heterocycles. The zero-order valence-electron chi connectivity index (χ0n) is 10.8. The first-order valence-electron chi connectivity index (χ1n) is 6.06. The number of rotatable bonds is 2. The van der Waals surface area contributed by atoms with Gasteiger partial charge in [-0.2, -0.15) is 5.26 Å². The van der Waals surface area contributed by atoms with Crippen molar-refractivity contribution in [1.29, 1.82) is 5.26 Å². The molecular weight excluding hydrogens is 254 g/mol. The van der Waals surface area contributed by atoms with E-state index >= 15 is 0 Å². The highest BCUT2D eigenvalue weighted by molar-refractivity contribution is 5.99. The molecule has 0 bridgehead atoms. The normalized spacial score (nSPS) is 12.5. The summed E-state index contributed by atoms with van der Waals surface area (Å²) < 4.78 is 0. The molecule has 6 heteroatoms. The molecule has 0 spiro atoms. The fraction of sp³-hybridized carbons (Fsp3) is 0.143. The zero-order valence-corrected chi connectivity index (χ0v) is 10.8. The number of amides is 1. The lowest BCUT2D eigenvalue weighted by atomic mass is 10.1. The maximum atomic E-state index is 11.4. The molecule has 0 radical (unpaired) electrons. The van der Waals surface area contributed by atoms with E-state index in [0.717, 1.165) is 16.9 Å². The number of benzene rings is 1. The molecule has 20 heavy (non-hydrogen) atoms. The maximum Gasteiger partial charge on any atom is 0.228 e. The molecule has 3 rings (SSSR count). The van der Waals surface area contributed by atoms with E-state index in [1.165, 1.54) is 6.33 Å². The molecule has 0 saturated carbocycles. The molecule has 1 aliphatic heterocycles. The van der Waals surface area contributed by atoms with Gasteiger partial charge < -0.3 is 10.2 Å². The molecule has 1 amide bonds. The molecule has 0 aliphatic carbocycles. The number of hydrogen-bond acceptors (Lipinski definition) is 5. The van der Waals surface area contributed by atoms with Gasteiger partial charge in [0.2, 0.25) is 5.91 Å². The second-order valence-corrected chi connectivity index (χ2v) is 4.50. The van der Waals surface area contributed by atoms with Gasteiger partial charge in [-0.25, -0.2) is 9.97 Å². The molecule has 2 heterocycles. The first kappa shape index (κ1) is 12.1. The lowest BCUT2D eigenvalue weighted by Gasteiger charge is -2.18. The fourth-order valence-corrected chi connectivity index (χ4v) is 2.15. The Labute approximate surface area is 115 Å². The lowest BCUT2D eigenvalue weighted by molar-refractivity contribution is -0.115. The number of nitrogens with one attached hydrogen (secondary N) is 1. The summed E-state index contributed by atoms with van der Waals surface area (Å²) in [6.07, 6.45) is 1.76. The Morgan fingerprint density at radius 2 is 2.20 bits per heavy atom. The summed E-state index contributed by atoms with van der Waals surface area (Å²) in [7, 11) is 1.86. The number of fused-ring (bicyclic) bond motifs is 1. The predicted molar refractivity (Wildman–Crippen MR) is 73.6 cm³/mol. The van der Waals surface area contributed by atoms with E-state index < -0.39 is 0 Å². The zero-order chi connectivity index (χ0) is 14.1. The second-order valence-electron chi connectivity index (χ2n) is 4.50. The molecule has 6 nitrogen and oxygen atoms in total. The molecule has 2 aromatic rings. The SMILES string of the molecule is CN(c1ccc2c(c1)CC(=O)N2)c1cc(C#N)ncn1. The molecule has 0 atom stereocenters. The summed E-state index contributed by atoms with van der Waals surface area (Å²) in [6.45, 7) is 0. The van der Waals surface area contributed by atoms with E-state index in [-0.39, 0.29) is 5.91 Å². The summed E-state index contributed by atoms with van der Waals surface area (Å²) in [5, 5.41) is 11.7. The van der Waals surface area contributed by atoms with Crippen LogP contribution in [0.1, 0.15) is 11.3 Å². The van der Waals surface area contributed by atoms with Crippen LogP contribution < -0.4 is 10.2 Å². The molecule has 98 valence electrons. The summed E-state index contributed by atoms with van der Waals surface area (Å²) in [4.78, 5) is 21.2. The largest absolute Gasteiger partial charge is 0.329 e. The van der Waals surface area contributed by atoms with E-state index in [2.05, 4.69) is 15.3 Å². The summed E-state index contributed by atoms with van der Waals surface area (Å²) in [5.74, 6) is 0.641. The highest BCUT2D eigenvalue weighted by atomic mass is 16.1. The van der Waals surface area contributed by atoms with E-state index in [0.29, 0.717) is 17.9 Å². The van der Waals surface area contributed by atoms with Crippen LogP contribution in [0.15, 0.2) is 30.6 Å². The minimum absolute atomic E-state index is 0.00797. The van der Waals surface area contributed by atoms with E-state index in [9.17, 15) is 4.79 Å². The first-order chi connectivity index (χ1) is 9.67. The van der Waals surface area contributed by atoms with Crippen LogP contribution in [0.25, 0.3) is 0 Å². The van der Waals surface area contributed by atoms with Crippen molar-refractivity contribution in [2.75, 3.05) is 17.3 Å². The van der Waals surface area contributed by atoms with Gasteiger partial charge in [0.15, 0.2) is 0 Å². The van der Waals surface area contributed by atoms with Crippen LogP contribution in [0, 0.1) is 11.3 Å². The first-order valence-corrected chi connectivity index (χ1v) is 6.06. The van der Waals surface area contributed by atoms with Crippen LogP contribution in [0.4, 0.5) is 17.2 Å². The average Bonchev–Trinajstić information content (AvgIpc) is 2.85. The van der Waals surface area contributed by atoms with Gasteiger partial charge in [-0.1, -0.05) is 0 Å². The minimum Gasteiger partial charge on any atom is -0.329 e. The van der Waals surface area contributed by atoms with Crippen LogP contribution in [0.5, 0.6) is 0 Å². The van der Waals surface area contributed by atoms with Crippen LogP contribution in [0.2, 0.25) is 0 Å². The maximum absolute atomic E-state index is 11.4. The number of carbonyl (C=O) groups excluding carboxylic acids is 1. The van der Waals surface area contributed by atoms with Gasteiger partial charge in [0, 0.05) is 24.5 Å². The molecule has 1 aromatic carbocycles. The van der Waals surface area contributed by atoms with Gasteiger partial charge in [0.05, 0.1) is 6.42 Å². The van der Waals surface area contributed by atoms with E-state index in [1.54, 1.807) is 6.07 Å². The van der Waals surface area contributed by atoms with Crippen molar-refractivity contribution in [1.82, 2.24) is 9.97 Å². The van der Waals surface area contributed by atoms with Crippen molar-refractivity contribution in [2.45, 2.75) is 6.42 Å². The number of nitrogens with zero attached hydrogens (tertiary/aromatic N) is 4. The Balaban J connectivity index is 1.95. The number of nitriles is 1. The molecule has 1 aromatic heterocycles. The molecule has 0 fully saturated rings. The third kappa shape index (κ3) is 2.06. The Morgan fingerprint density at radius 3 is 3.00 bits per heavy atom. The van der Waals surface area contributed by atoms with Crippen molar-refractivity contribution >= 4 is 23.1 Å². The number of aromatic nitrogens is 2. The highest BCUT2D eigenvalue weighted by Gasteiger charge is 2.18. The van der Waals surface area contributed by atoms with Gasteiger partial charge in [-0.15, -0.1) is 0 Å². The van der Waals surface area contributed by atoms with Crippen molar-refractivity contribution in [2.24, 2.45) is 0 Å². The summed E-state index contributed by atoms with van der Waals surface area (Å²) in [5.41, 5.74) is 3.05. The van der Waals surface area contributed by atoms with Crippen molar-refractivity contribution in [3.05, 3.63) is 41.9 Å². The monoisotopic (exact) mass is 265 g/mol. The minimum atomic E-state index is 0.00797. The van der Waals surface area contributed by atoms with E-state index in [4.69, 9.17) is 5.26 Å². The van der Waals surface area contributed by atoms with Crippen LogP contribution in [0.3, 0.4) is 0 Å². The Kier molecular flexibility index (Phi) is 2.80. The van der Waals surface area contributed by atoms with Gasteiger partial charge in [0.25, 0.3) is 0 Å². The smallest absolute Gasteiger partial charge is 0.228 e. The van der Waals surface area contributed by atoms with Gasteiger partial charge >= 0.3 is 0 Å². The molecule has 1 N–H and O–H groups in total. The number of hydrogen-bond donors (Lipinski definition) is 1. The van der Waals surface area contributed by atoms with Crippen molar-refractivity contribution < 1.29 is 4.79 Å². The predicted octanol–water partition coefficient (Wildman–Crippen LogP) is 1.61. The summed E-state index contributed by atoms with van der Waals surface area (Å²) in [6, 6.07) is 9.33. The average molecular weight is 265 g/mol.